The van der Waals surface area contributed by atoms with Gasteiger partial charge in [-0.05, 0) is 43.2 Å². The number of hydrogen-bond donors (Lipinski definition) is 1. The number of nitrogens with zero attached hydrogens (tertiary/aromatic N) is 1. The number of hydrogen-bond acceptors (Lipinski definition) is 3. The summed E-state index contributed by atoms with van der Waals surface area (Å²) < 4.78 is 5.46. The molecule has 2 aromatic carbocycles. The normalized spacial score (nSPS) is 10.9. The van der Waals surface area contributed by atoms with Gasteiger partial charge in [-0.15, -0.1) is 0 Å². The van der Waals surface area contributed by atoms with Gasteiger partial charge in [0.05, 0.1) is 19.4 Å². The van der Waals surface area contributed by atoms with Crippen molar-refractivity contribution >= 4 is 11.6 Å². The third-order valence-corrected chi connectivity index (χ3v) is 4.23. The fourth-order valence-corrected chi connectivity index (χ4v) is 2.98. The molecule has 1 heterocycles. The first kappa shape index (κ1) is 18.0. The lowest BCUT2D eigenvalue weighted by atomic mass is 10.1. The Labute approximate surface area is 154 Å². The van der Waals surface area contributed by atoms with E-state index in [1.807, 2.05) is 56.3 Å². The van der Waals surface area contributed by atoms with Crippen LogP contribution in [-0.4, -0.2) is 17.4 Å². The molecule has 0 aliphatic rings. The van der Waals surface area contributed by atoms with E-state index in [1.165, 1.54) is 11.1 Å². The minimum atomic E-state index is -0.0283. The summed E-state index contributed by atoms with van der Waals surface area (Å²) in [5, 5.41) is 3.02. The van der Waals surface area contributed by atoms with Crippen molar-refractivity contribution in [1.82, 2.24) is 4.90 Å². The minimum absolute atomic E-state index is 0.0283. The van der Waals surface area contributed by atoms with E-state index in [9.17, 15) is 4.79 Å². The molecule has 0 fully saturated rings. The van der Waals surface area contributed by atoms with Crippen LogP contribution in [0.25, 0.3) is 0 Å². The van der Waals surface area contributed by atoms with Crippen molar-refractivity contribution in [2.45, 2.75) is 26.9 Å². The highest BCUT2D eigenvalue weighted by Crippen LogP contribution is 2.16. The van der Waals surface area contributed by atoms with Gasteiger partial charge >= 0.3 is 0 Å². The van der Waals surface area contributed by atoms with Crippen molar-refractivity contribution < 1.29 is 9.21 Å². The van der Waals surface area contributed by atoms with Crippen LogP contribution < -0.4 is 5.32 Å². The van der Waals surface area contributed by atoms with Gasteiger partial charge in [0.1, 0.15) is 5.76 Å². The minimum Gasteiger partial charge on any atom is -0.468 e. The summed E-state index contributed by atoms with van der Waals surface area (Å²) >= 11 is 0. The van der Waals surface area contributed by atoms with Crippen LogP contribution in [0.4, 0.5) is 5.69 Å². The smallest absolute Gasteiger partial charge is 0.238 e. The van der Waals surface area contributed by atoms with Gasteiger partial charge in [-0.2, -0.15) is 0 Å². The van der Waals surface area contributed by atoms with Crippen molar-refractivity contribution in [3.05, 3.63) is 89.4 Å². The van der Waals surface area contributed by atoms with Crippen LogP contribution in [-0.2, 0) is 17.9 Å². The second-order valence-electron chi connectivity index (χ2n) is 6.58. The highest BCUT2D eigenvalue weighted by atomic mass is 16.3. The maximum absolute atomic E-state index is 12.6. The van der Waals surface area contributed by atoms with Crippen LogP contribution in [0.3, 0.4) is 0 Å². The summed E-state index contributed by atoms with van der Waals surface area (Å²) in [6, 6.07) is 20.0. The standard InChI is InChI=1S/C22H24N2O2/c1-17-10-11-21(18(2)13-17)23-22(25)16-24(15-20-9-6-12-26-20)14-19-7-4-3-5-8-19/h3-13H,14-16H2,1-2H3,(H,23,25). The lowest BCUT2D eigenvalue weighted by Gasteiger charge is -2.21. The van der Waals surface area contributed by atoms with Crippen molar-refractivity contribution in [2.24, 2.45) is 0 Å². The van der Waals surface area contributed by atoms with E-state index >= 15 is 0 Å². The zero-order valence-electron chi connectivity index (χ0n) is 15.2. The van der Waals surface area contributed by atoms with E-state index < -0.39 is 0 Å². The molecule has 0 radical (unpaired) electrons. The summed E-state index contributed by atoms with van der Waals surface area (Å²) in [4.78, 5) is 14.7. The predicted molar refractivity (Wildman–Crippen MR) is 104 cm³/mol. The molecule has 4 heteroatoms. The second-order valence-corrected chi connectivity index (χ2v) is 6.58. The first-order chi connectivity index (χ1) is 12.6. The van der Waals surface area contributed by atoms with E-state index in [0.717, 1.165) is 17.0 Å². The van der Waals surface area contributed by atoms with Gasteiger partial charge in [-0.1, -0.05) is 48.0 Å². The van der Waals surface area contributed by atoms with Crippen LogP contribution in [0.5, 0.6) is 0 Å². The van der Waals surface area contributed by atoms with E-state index in [-0.39, 0.29) is 5.91 Å². The number of amides is 1. The van der Waals surface area contributed by atoms with E-state index in [2.05, 4.69) is 28.4 Å². The monoisotopic (exact) mass is 348 g/mol. The predicted octanol–water partition coefficient (Wildman–Crippen LogP) is 4.54. The fraction of sp³-hybridized carbons (Fsp3) is 0.227. The molecule has 26 heavy (non-hydrogen) atoms. The molecular weight excluding hydrogens is 324 g/mol. The number of benzene rings is 2. The summed E-state index contributed by atoms with van der Waals surface area (Å²) in [5.41, 5.74) is 4.28. The molecule has 0 aliphatic carbocycles. The molecule has 4 nitrogen and oxygen atoms in total. The maximum atomic E-state index is 12.6. The van der Waals surface area contributed by atoms with Gasteiger partial charge in [0, 0.05) is 12.2 Å². The highest BCUT2D eigenvalue weighted by Gasteiger charge is 2.14. The number of carbonyl (C=O) groups is 1. The number of anilines is 1. The Bertz CT molecular complexity index is 842. The van der Waals surface area contributed by atoms with Gasteiger partial charge in [0.25, 0.3) is 0 Å². The molecule has 0 saturated heterocycles. The first-order valence-corrected chi connectivity index (χ1v) is 8.76. The van der Waals surface area contributed by atoms with Crippen LogP contribution in [0.15, 0.2) is 71.3 Å². The first-order valence-electron chi connectivity index (χ1n) is 8.76. The zero-order valence-corrected chi connectivity index (χ0v) is 15.2. The van der Waals surface area contributed by atoms with Crippen molar-refractivity contribution in [3.63, 3.8) is 0 Å². The van der Waals surface area contributed by atoms with Gasteiger partial charge in [-0.25, -0.2) is 0 Å². The average Bonchev–Trinajstić information content (AvgIpc) is 3.11. The fourth-order valence-electron chi connectivity index (χ4n) is 2.98. The molecule has 134 valence electrons. The van der Waals surface area contributed by atoms with Gasteiger partial charge < -0.3 is 9.73 Å². The number of furan rings is 1. The zero-order chi connectivity index (χ0) is 18.4. The van der Waals surface area contributed by atoms with Gasteiger partial charge in [0.15, 0.2) is 0 Å². The molecule has 1 N–H and O–H groups in total. The van der Waals surface area contributed by atoms with Crippen LogP contribution in [0.2, 0.25) is 0 Å². The molecule has 0 aliphatic heterocycles. The lowest BCUT2D eigenvalue weighted by Crippen LogP contribution is -2.32. The summed E-state index contributed by atoms with van der Waals surface area (Å²) in [6.07, 6.45) is 1.66. The van der Waals surface area contributed by atoms with Crippen molar-refractivity contribution in [2.75, 3.05) is 11.9 Å². The van der Waals surface area contributed by atoms with Crippen LogP contribution in [0.1, 0.15) is 22.5 Å². The Morgan fingerprint density at radius 2 is 1.81 bits per heavy atom. The number of aryl methyl sites for hydroxylation is 2. The highest BCUT2D eigenvalue weighted by molar-refractivity contribution is 5.93. The second kappa shape index (κ2) is 8.50. The maximum Gasteiger partial charge on any atom is 0.238 e. The lowest BCUT2D eigenvalue weighted by molar-refractivity contribution is -0.117. The molecule has 3 rings (SSSR count). The van der Waals surface area contributed by atoms with Crippen molar-refractivity contribution in [1.29, 1.82) is 0 Å². The molecular formula is C22H24N2O2. The summed E-state index contributed by atoms with van der Waals surface area (Å²) in [7, 11) is 0. The molecule has 0 spiro atoms. The summed E-state index contributed by atoms with van der Waals surface area (Å²) in [6.45, 7) is 5.61. The third kappa shape index (κ3) is 5.07. The molecule has 1 aromatic heterocycles. The molecule has 0 unspecified atom stereocenters. The Kier molecular flexibility index (Phi) is 5.87. The number of nitrogens with one attached hydrogen (secondary N) is 1. The van der Waals surface area contributed by atoms with Crippen LogP contribution >= 0.6 is 0 Å². The molecule has 0 saturated carbocycles. The molecule has 0 bridgehead atoms. The Balaban J connectivity index is 1.68. The van der Waals surface area contributed by atoms with Crippen molar-refractivity contribution in [3.8, 4) is 0 Å². The number of rotatable bonds is 7. The van der Waals surface area contributed by atoms with E-state index in [1.54, 1.807) is 6.26 Å². The Morgan fingerprint density at radius 1 is 1.00 bits per heavy atom. The average molecular weight is 348 g/mol. The van der Waals surface area contributed by atoms with E-state index in [4.69, 9.17) is 4.42 Å². The largest absolute Gasteiger partial charge is 0.468 e. The molecule has 1 amide bonds. The van der Waals surface area contributed by atoms with Crippen LogP contribution in [0, 0.1) is 13.8 Å². The van der Waals surface area contributed by atoms with E-state index in [0.29, 0.717) is 19.6 Å². The number of carbonyl (C=O) groups excluding carboxylic acids is 1. The Hall–Kier alpha value is -2.85. The van der Waals surface area contributed by atoms with Gasteiger partial charge in [0.2, 0.25) is 5.91 Å². The molecule has 3 aromatic rings. The SMILES string of the molecule is Cc1ccc(NC(=O)CN(Cc2ccccc2)Cc2ccco2)c(C)c1. The quantitative estimate of drug-likeness (QED) is 0.682. The Morgan fingerprint density at radius 3 is 2.50 bits per heavy atom. The topological polar surface area (TPSA) is 45.5 Å². The molecule has 0 atom stereocenters. The van der Waals surface area contributed by atoms with Gasteiger partial charge in [-0.3, -0.25) is 9.69 Å². The third-order valence-electron chi connectivity index (χ3n) is 4.23. The summed E-state index contributed by atoms with van der Waals surface area (Å²) in [5.74, 6) is 0.819.